The van der Waals surface area contributed by atoms with Crippen LogP contribution in [0.1, 0.15) is 16.7 Å². The van der Waals surface area contributed by atoms with Gasteiger partial charge in [-0.15, -0.1) is 0 Å². The molecule has 0 aromatic heterocycles. The fourth-order valence-corrected chi connectivity index (χ4v) is 2.17. The van der Waals surface area contributed by atoms with Crippen molar-refractivity contribution in [3.63, 3.8) is 0 Å². The third-order valence-corrected chi connectivity index (χ3v) is 3.73. The third-order valence-electron chi connectivity index (χ3n) is 2.87. The van der Waals surface area contributed by atoms with E-state index in [2.05, 4.69) is 46.4 Å². The monoisotopic (exact) mass is 305 g/mol. The van der Waals surface area contributed by atoms with Gasteiger partial charge in [-0.25, -0.2) is 0 Å². The van der Waals surface area contributed by atoms with Crippen LogP contribution in [-0.4, -0.2) is 5.11 Å². The minimum absolute atomic E-state index is 0.343. The fraction of sp³-hybridized carbons (Fsp3) is 0.200. The highest BCUT2D eigenvalue weighted by Crippen LogP contribution is 2.18. The molecule has 2 N–H and O–H groups in total. The molecule has 0 unspecified atom stereocenters. The van der Waals surface area contributed by atoms with Crippen molar-refractivity contribution in [1.29, 1.82) is 0 Å². The summed E-state index contributed by atoms with van der Waals surface area (Å²) in [6.07, 6.45) is 0. The summed E-state index contributed by atoms with van der Waals surface area (Å²) < 4.78 is 1.13. The van der Waals surface area contributed by atoms with E-state index in [0.717, 1.165) is 16.6 Å². The van der Waals surface area contributed by atoms with E-state index < -0.39 is 0 Å². The second-order valence-corrected chi connectivity index (χ2v) is 5.17. The van der Waals surface area contributed by atoms with E-state index in [1.165, 1.54) is 11.1 Å². The zero-order valence-corrected chi connectivity index (χ0v) is 11.9. The van der Waals surface area contributed by atoms with Gasteiger partial charge in [0.2, 0.25) is 0 Å². The number of halogens is 1. The molecule has 0 spiro atoms. The molecule has 0 radical (unpaired) electrons. The quantitative estimate of drug-likeness (QED) is 0.901. The Morgan fingerprint density at radius 1 is 1.11 bits per heavy atom. The SMILES string of the molecule is Cc1ccc(CNCc2ccccc2O)cc1Br. The van der Waals surface area contributed by atoms with Crippen molar-refractivity contribution in [2.24, 2.45) is 0 Å². The van der Waals surface area contributed by atoms with Crippen LogP contribution in [0.3, 0.4) is 0 Å². The smallest absolute Gasteiger partial charge is 0.120 e. The van der Waals surface area contributed by atoms with E-state index in [1.807, 2.05) is 18.2 Å². The molecule has 2 rings (SSSR count). The molecule has 0 fully saturated rings. The molecule has 0 saturated carbocycles. The van der Waals surface area contributed by atoms with Gasteiger partial charge in [0.25, 0.3) is 0 Å². The lowest BCUT2D eigenvalue weighted by Crippen LogP contribution is -2.12. The van der Waals surface area contributed by atoms with Gasteiger partial charge in [0, 0.05) is 23.1 Å². The molecule has 0 aliphatic rings. The summed E-state index contributed by atoms with van der Waals surface area (Å²) >= 11 is 3.53. The molecule has 2 aromatic carbocycles. The van der Waals surface area contributed by atoms with Gasteiger partial charge in [0.15, 0.2) is 0 Å². The number of rotatable bonds is 4. The Kier molecular flexibility index (Phi) is 4.39. The van der Waals surface area contributed by atoms with Crippen molar-refractivity contribution in [2.75, 3.05) is 0 Å². The number of aryl methyl sites for hydroxylation is 1. The van der Waals surface area contributed by atoms with Gasteiger partial charge in [-0.2, -0.15) is 0 Å². The molecule has 2 aromatic rings. The van der Waals surface area contributed by atoms with Crippen LogP contribution in [0.15, 0.2) is 46.9 Å². The Hall–Kier alpha value is -1.32. The van der Waals surface area contributed by atoms with Crippen molar-refractivity contribution in [1.82, 2.24) is 5.32 Å². The molecule has 0 aliphatic heterocycles. The van der Waals surface area contributed by atoms with Gasteiger partial charge in [-0.3, -0.25) is 0 Å². The fourth-order valence-electron chi connectivity index (χ4n) is 1.75. The molecule has 94 valence electrons. The van der Waals surface area contributed by atoms with Crippen molar-refractivity contribution >= 4 is 15.9 Å². The summed E-state index contributed by atoms with van der Waals surface area (Å²) in [6.45, 7) is 3.52. The Morgan fingerprint density at radius 2 is 1.89 bits per heavy atom. The largest absolute Gasteiger partial charge is 0.508 e. The third kappa shape index (κ3) is 3.34. The van der Waals surface area contributed by atoms with E-state index in [9.17, 15) is 5.11 Å². The summed E-state index contributed by atoms with van der Waals surface area (Å²) in [6, 6.07) is 13.7. The first-order valence-electron chi connectivity index (χ1n) is 5.89. The topological polar surface area (TPSA) is 32.3 Å². The van der Waals surface area contributed by atoms with E-state index in [-0.39, 0.29) is 0 Å². The van der Waals surface area contributed by atoms with Crippen LogP contribution in [0.2, 0.25) is 0 Å². The standard InChI is InChI=1S/C15H16BrNO/c1-11-6-7-12(8-14(11)16)9-17-10-13-4-2-3-5-15(13)18/h2-8,17-18H,9-10H2,1H3. The number of nitrogens with one attached hydrogen (secondary N) is 1. The van der Waals surface area contributed by atoms with Crippen LogP contribution in [0.4, 0.5) is 0 Å². The lowest BCUT2D eigenvalue weighted by Gasteiger charge is -2.08. The van der Waals surface area contributed by atoms with Gasteiger partial charge in [0.1, 0.15) is 5.75 Å². The van der Waals surface area contributed by atoms with Crippen LogP contribution in [0.25, 0.3) is 0 Å². The van der Waals surface area contributed by atoms with Gasteiger partial charge in [-0.05, 0) is 30.2 Å². The predicted molar refractivity (Wildman–Crippen MR) is 77.5 cm³/mol. The number of hydrogen-bond donors (Lipinski definition) is 2. The van der Waals surface area contributed by atoms with Crippen molar-refractivity contribution in [2.45, 2.75) is 20.0 Å². The lowest BCUT2D eigenvalue weighted by molar-refractivity contribution is 0.464. The van der Waals surface area contributed by atoms with E-state index >= 15 is 0 Å². The summed E-state index contributed by atoms with van der Waals surface area (Å²) in [5.74, 6) is 0.343. The second kappa shape index (κ2) is 6.03. The van der Waals surface area contributed by atoms with Crippen LogP contribution in [0.5, 0.6) is 5.75 Å². The molecule has 0 saturated heterocycles. The summed E-state index contributed by atoms with van der Waals surface area (Å²) in [5, 5.41) is 13.0. The highest BCUT2D eigenvalue weighted by atomic mass is 79.9. The van der Waals surface area contributed by atoms with Gasteiger partial charge >= 0.3 is 0 Å². The number of aromatic hydroxyl groups is 1. The van der Waals surface area contributed by atoms with Crippen LogP contribution < -0.4 is 5.32 Å². The first kappa shape index (κ1) is 13.1. The van der Waals surface area contributed by atoms with Crippen molar-refractivity contribution < 1.29 is 5.11 Å². The van der Waals surface area contributed by atoms with E-state index in [4.69, 9.17) is 0 Å². The van der Waals surface area contributed by atoms with Crippen molar-refractivity contribution in [3.8, 4) is 5.75 Å². The molecular weight excluding hydrogens is 290 g/mol. The Morgan fingerprint density at radius 3 is 2.61 bits per heavy atom. The minimum atomic E-state index is 0.343. The van der Waals surface area contributed by atoms with E-state index in [0.29, 0.717) is 12.3 Å². The molecule has 0 amide bonds. The zero-order chi connectivity index (χ0) is 13.0. The number of para-hydroxylation sites is 1. The lowest BCUT2D eigenvalue weighted by atomic mass is 10.1. The molecule has 2 nitrogen and oxygen atoms in total. The maximum absolute atomic E-state index is 9.64. The van der Waals surface area contributed by atoms with Crippen LogP contribution in [-0.2, 0) is 13.1 Å². The maximum atomic E-state index is 9.64. The van der Waals surface area contributed by atoms with Gasteiger partial charge in [-0.1, -0.05) is 46.3 Å². The maximum Gasteiger partial charge on any atom is 0.120 e. The van der Waals surface area contributed by atoms with Crippen LogP contribution in [0, 0.1) is 6.92 Å². The summed E-state index contributed by atoms with van der Waals surface area (Å²) in [5.41, 5.74) is 3.38. The molecule has 0 heterocycles. The molecule has 0 aliphatic carbocycles. The average molecular weight is 306 g/mol. The summed E-state index contributed by atoms with van der Waals surface area (Å²) in [4.78, 5) is 0. The predicted octanol–water partition coefficient (Wildman–Crippen LogP) is 3.75. The number of benzene rings is 2. The Bertz CT molecular complexity index is 540. The Balaban J connectivity index is 1.92. The summed E-state index contributed by atoms with van der Waals surface area (Å²) in [7, 11) is 0. The van der Waals surface area contributed by atoms with Gasteiger partial charge < -0.3 is 10.4 Å². The second-order valence-electron chi connectivity index (χ2n) is 4.32. The molecule has 18 heavy (non-hydrogen) atoms. The molecule has 0 bridgehead atoms. The Labute approximate surface area is 116 Å². The zero-order valence-electron chi connectivity index (χ0n) is 10.3. The first-order valence-corrected chi connectivity index (χ1v) is 6.69. The minimum Gasteiger partial charge on any atom is -0.508 e. The first-order chi connectivity index (χ1) is 8.66. The highest BCUT2D eigenvalue weighted by Gasteiger charge is 2.00. The number of phenolic OH excluding ortho intramolecular Hbond substituents is 1. The molecular formula is C15H16BrNO. The normalized spacial score (nSPS) is 10.6. The molecule has 3 heteroatoms. The van der Waals surface area contributed by atoms with E-state index in [1.54, 1.807) is 6.07 Å². The average Bonchev–Trinajstić information content (AvgIpc) is 2.36. The molecule has 0 atom stereocenters. The number of phenols is 1. The van der Waals surface area contributed by atoms with Crippen molar-refractivity contribution in [3.05, 3.63) is 63.6 Å². The van der Waals surface area contributed by atoms with Crippen LogP contribution >= 0.6 is 15.9 Å². The highest BCUT2D eigenvalue weighted by molar-refractivity contribution is 9.10. The van der Waals surface area contributed by atoms with Gasteiger partial charge in [0.05, 0.1) is 0 Å². The number of hydrogen-bond acceptors (Lipinski definition) is 2.